The molecule has 3 N–H and O–H groups in total. The molecule has 0 radical (unpaired) electrons. The lowest BCUT2D eigenvalue weighted by molar-refractivity contribution is 0.00774. The average Bonchev–Trinajstić information content (AvgIpc) is 2.71. The minimum absolute atomic E-state index is 0.399. The van der Waals surface area contributed by atoms with Gasteiger partial charge in [-0.15, -0.1) is 0 Å². The van der Waals surface area contributed by atoms with E-state index in [9.17, 15) is 5.11 Å². The highest BCUT2D eigenvalue weighted by Gasteiger charge is 2.41. The van der Waals surface area contributed by atoms with Crippen molar-refractivity contribution in [2.24, 2.45) is 16.6 Å². The van der Waals surface area contributed by atoms with E-state index in [2.05, 4.69) is 18.2 Å². The molecule has 28 heavy (non-hydrogen) atoms. The largest absolute Gasteiger partial charge is 0.490 e. The zero-order valence-electron chi connectivity index (χ0n) is 16.7. The van der Waals surface area contributed by atoms with Crippen molar-refractivity contribution >= 4 is 16.7 Å². The summed E-state index contributed by atoms with van der Waals surface area (Å²) < 4.78 is 6.34. The van der Waals surface area contributed by atoms with E-state index in [0.29, 0.717) is 24.9 Å². The molecule has 0 spiro atoms. The molecular weight excluding hydrogens is 350 g/mol. The summed E-state index contributed by atoms with van der Waals surface area (Å²) in [7, 11) is 1.79. The van der Waals surface area contributed by atoms with Crippen LogP contribution in [0, 0.1) is 5.92 Å². The van der Waals surface area contributed by atoms with Crippen LogP contribution in [0.25, 0.3) is 10.8 Å². The maximum Gasteiger partial charge on any atom is 0.193 e. The quantitative estimate of drug-likeness (QED) is 0.824. The van der Waals surface area contributed by atoms with E-state index in [0.717, 1.165) is 22.9 Å². The van der Waals surface area contributed by atoms with E-state index < -0.39 is 11.8 Å². The summed E-state index contributed by atoms with van der Waals surface area (Å²) in [4.78, 5) is 6.52. The predicted molar refractivity (Wildman–Crippen MR) is 113 cm³/mol. The zero-order valence-corrected chi connectivity index (χ0v) is 16.7. The number of fused-ring (bicyclic) bond motifs is 1. The molecule has 0 aromatic heterocycles. The Bertz CT molecular complexity index is 841. The van der Waals surface area contributed by atoms with Gasteiger partial charge in [-0.05, 0) is 23.8 Å². The highest BCUT2D eigenvalue weighted by atomic mass is 16.5. The van der Waals surface area contributed by atoms with Crippen LogP contribution in [-0.4, -0.2) is 41.4 Å². The summed E-state index contributed by atoms with van der Waals surface area (Å²) >= 11 is 0. The first-order chi connectivity index (χ1) is 13.6. The Kier molecular flexibility index (Phi) is 5.44. The summed E-state index contributed by atoms with van der Waals surface area (Å²) in [6, 6.07) is 14.4. The van der Waals surface area contributed by atoms with Crippen molar-refractivity contribution in [3.05, 3.63) is 42.5 Å². The van der Waals surface area contributed by atoms with Crippen LogP contribution in [0.1, 0.15) is 44.9 Å². The third kappa shape index (κ3) is 3.95. The van der Waals surface area contributed by atoms with Crippen LogP contribution < -0.4 is 10.5 Å². The first kappa shape index (κ1) is 19.1. The SMILES string of the molecule is CN1C(N)=NC(COc2cccc3ccccc23)(CC2CCCCC2)CC1O. The van der Waals surface area contributed by atoms with Crippen molar-refractivity contribution in [2.45, 2.75) is 56.7 Å². The lowest BCUT2D eigenvalue weighted by Crippen LogP contribution is -2.54. The van der Waals surface area contributed by atoms with Gasteiger partial charge < -0.3 is 20.5 Å². The second kappa shape index (κ2) is 8.00. The molecule has 1 fully saturated rings. The summed E-state index contributed by atoms with van der Waals surface area (Å²) in [6.07, 6.45) is 7.20. The van der Waals surface area contributed by atoms with Crippen molar-refractivity contribution in [3.63, 3.8) is 0 Å². The van der Waals surface area contributed by atoms with E-state index in [4.69, 9.17) is 15.5 Å². The normalized spacial score (nSPS) is 26.3. The smallest absolute Gasteiger partial charge is 0.193 e. The maximum atomic E-state index is 10.6. The number of benzene rings is 2. The Labute approximate surface area is 167 Å². The van der Waals surface area contributed by atoms with Gasteiger partial charge in [0.15, 0.2) is 5.96 Å². The Morgan fingerprint density at radius 3 is 2.68 bits per heavy atom. The van der Waals surface area contributed by atoms with Gasteiger partial charge in [-0.1, -0.05) is 68.5 Å². The summed E-state index contributed by atoms with van der Waals surface area (Å²) in [5.41, 5.74) is 5.69. The van der Waals surface area contributed by atoms with Crippen LogP contribution >= 0.6 is 0 Å². The van der Waals surface area contributed by atoms with Crippen LogP contribution in [0.3, 0.4) is 0 Å². The number of aliphatic hydroxyl groups excluding tert-OH is 1. The average molecular weight is 382 g/mol. The zero-order chi connectivity index (χ0) is 19.6. The van der Waals surface area contributed by atoms with Gasteiger partial charge in [0.05, 0.1) is 0 Å². The lowest BCUT2D eigenvalue weighted by Gasteiger charge is -2.42. The van der Waals surface area contributed by atoms with E-state index in [-0.39, 0.29) is 0 Å². The molecule has 5 heteroatoms. The van der Waals surface area contributed by atoms with Gasteiger partial charge in [0.1, 0.15) is 24.1 Å². The molecule has 1 heterocycles. The third-order valence-electron chi connectivity index (χ3n) is 6.36. The Morgan fingerprint density at radius 1 is 1.14 bits per heavy atom. The molecule has 1 aliphatic heterocycles. The van der Waals surface area contributed by atoms with Crippen LogP contribution in [0.5, 0.6) is 5.75 Å². The number of hydrogen-bond donors (Lipinski definition) is 2. The lowest BCUT2D eigenvalue weighted by atomic mass is 9.77. The Hall–Kier alpha value is -2.27. The number of aliphatic imine (C=N–C) groups is 1. The molecule has 150 valence electrons. The highest BCUT2D eigenvalue weighted by molar-refractivity contribution is 5.88. The molecule has 0 bridgehead atoms. The number of rotatable bonds is 5. The van der Waals surface area contributed by atoms with Gasteiger partial charge in [0.2, 0.25) is 0 Å². The molecule has 1 saturated carbocycles. The molecule has 0 saturated heterocycles. The van der Waals surface area contributed by atoms with Crippen molar-refractivity contribution in [1.82, 2.24) is 4.90 Å². The van der Waals surface area contributed by atoms with Crippen LogP contribution in [0.4, 0.5) is 0 Å². The van der Waals surface area contributed by atoms with Gasteiger partial charge in [0, 0.05) is 18.9 Å². The first-order valence-corrected chi connectivity index (χ1v) is 10.4. The van der Waals surface area contributed by atoms with Gasteiger partial charge in [0.25, 0.3) is 0 Å². The van der Waals surface area contributed by atoms with E-state index in [1.54, 1.807) is 11.9 Å². The number of nitrogens with zero attached hydrogens (tertiary/aromatic N) is 2. The standard InChI is InChI=1S/C23H31N3O2/c1-26-21(27)15-23(25-22(26)24,14-17-8-3-2-4-9-17)16-28-20-13-7-11-18-10-5-6-12-19(18)20/h5-7,10-13,17,21,27H,2-4,8-9,14-16H2,1H3,(H2,24,25). The second-order valence-electron chi connectivity index (χ2n) is 8.46. The molecule has 2 aromatic rings. The molecule has 4 rings (SSSR count). The van der Waals surface area contributed by atoms with Crippen molar-refractivity contribution in [2.75, 3.05) is 13.7 Å². The fraction of sp³-hybridized carbons (Fsp3) is 0.522. The molecule has 2 unspecified atom stereocenters. The topological polar surface area (TPSA) is 71.1 Å². The molecule has 2 aliphatic rings. The summed E-state index contributed by atoms with van der Waals surface area (Å²) in [5, 5.41) is 12.9. The molecular formula is C23H31N3O2. The second-order valence-corrected chi connectivity index (χ2v) is 8.46. The molecule has 5 nitrogen and oxygen atoms in total. The van der Waals surface area contributed by atoms with Crippen molar-refractivity contribution < 1.29 is 9.84 Å². The van der Waals surface area contributed by atoms with Crippen LogP contribution in [0.15, 0.2) is 47.5 Å². The van der Waals surface area contributed by atoms with Gasteiger partial charge in [-0.2, -0.15) is 0 Å². The predicted octanol–water partition coefficient (Wildman–Crippen LogP) is 3.90. The van der Waals surface area contributed by atoms with E-state index in [1.807, 2.05) is 24.3 Å². The van der Waals surface area contributed by atoms with Crippen LogP contribution in [0.2, 0.25) is 0 Å². The fourth-order valence-electron chi connectivity index (χ4n) is 4.74. The number of hydrogen-bond acceptors (Lipinski definition) is 5. The van der Waals surface area contributed by atoms with Gasteiger partial charge >= 0.3 is 0 Å². The van der Waals surface area contributed by atoms with Gasteiger partial charge in [-0.3, -0.25) is 0 Å². The minimum Gasteiger partial charge on any atom is -0.490 e. The maximum absolute atomic E-state index is 10.6. The third-order valence-corrected chi connectivity index (χ3v) is 6.36. The molecule has 0 amide bonds. The number of guanidine groups is 1. The van der Waals surface area contributed by atoms with Gasteiger partial charge in [-0.25, -0.2) is 4.99 Å². The Morgan fingerprint density at radius 2 is 1.89 bits per heavy atom. The minimum atomic E-state index is -0.628. The Balaban J connectivity index is 1.60. The molecule has 2 aromatic carbocycles. The molecule has 2 atom stereocenters. The fourth-order valence-corrected chi connectivity index (χ4v) is 4.74. The summed E-state index contributed by atoms with van der Waals surface area (Å²) in [5.74, 6) is 1.89. The van der Waals surface area contributed by atoms with E-state index in [1.165, 1.54) is 32.1 Å². The number of nitrogens with two attached hydrogens (primary N) is 1. The van der Waals surface area contributed by atoms with Crippen molar-refractivity contribution in [1.29, 1.82) is 0 Å². The highest BCUT2D eigenvalue weighted by Crippen LogP contribution is 2.38. The first-order valence-electron chi connectivity index (χ1n) is 10.4. The monoisotopic (exact) mass is 381 g/mol. The number of aliphatic hydroxyl groups is 1. The number of ether oxygens (including phenoxy) is 1. The van der Waals surface area contributed by atoms with Crippen LogP contribution in [-0.2, 0) is 0 Å². The van der Waals surface area contributed by atoms with Crippen molar-refractivity contribution in [3.8, 4) is 5.75 Å². The summed E-state index contributed by atoms with van der Waals surface area (Å²) in [6.45, 7) is 0.434. The van der Waals surface area contributed by atoms with E-state index >= 15 is 0 Å². The molecule has 1 aliphatic carbocycles.